The van der Waals surface area contributed by atoms with Gasteiger partial charge in [0.25, 0.3) is 0 Å². The Balaban J connectivity index is 1.48. The molecule has 0 fully saturated rings. The van der Waals surface area contributed by atoms with Crippen molar-refractivity contribution < 1.29 is 27.9 Å². The second kappa shape index (κ2) is 14.2. The van der Waals surface area contributed by atoms with Crippen LogP contribution in [0.4, 0.5) is 0 Å². The maximum Gasteiger partial charge on any atom is 0.305 e. The van der Waals surface area contributed by atoms with E-state index in [2.05, 4.69) is 5.32 Å². The largest absolute Gasteiger partial charge is 0.492 e. The third kappa shape index (κ3) is 8.69. The molecule has 8 nitrogen and oxygen atoms in total. The van der Waals surface area contributed by atoms with Crippen LogP contribution < -0.4 is 10.1 Å². The third-order valence-corrected chi connectivity index (χ3v) is 9.48. The Morgan fingerprint density at radius 1 is 1.00 bits per heavy atom. The molecule has 4 rings (SSSR count). The Morgan fingerprint density at radius 3 is 2.49 bits per heavy atom. The van der Waals surface area contributed by atoms with E-state index in [0.29, 0.717) is 18.6 Å². The van der Waals surface area contributed by atoms with Crippen molar-refractivity contribution in [2.45, 2.75) is 49.5 Å². The van der Waals surface area contributed by atoms with Gasteiger partial charge in [0, 0.05) is 17.6 Å². The SMILES string of the molecule is O=C(O)CC(CCc1ccccc1)NC(=O)CN(CCOc1ccc2c(c1)CCC2)S(=O)(=O)c1ccc(Cl)cc1Cl. The molecule has 0 saturated heterocycles. The first kappa shape index (κ1) is 30.8. The molecule has 1 aliphatic carbocycles. The van der Waals surface area contributed by atoms with E-state index < -0.39 is 34.5 Å². The Kier molecular flexibility index (Phi) is 10.7. The van der Waals surface area contributed by atoms with Crippen molar-refractivity contribution in [2.24, 2.45) is 0 Å². The van der Waals surface area contributed by atoms with E-state index in [-0.39, 0.29) is 34.5 Å². The molecular formula is C30H32Cl2N2O6S. The topological polar surface area (TPSA) is 113 Å². The quantitative estimate of drug-likeness (QED) is 0.258. The number of carboxylic acids is 1. The number of fused-ring (bicyclic) bond motifs is 1. The standard InChI is InChI=1S/C30H32Cl2N2O6S/c31-24-11-14-28(27(32)18-24)41(38,39)34(15-16-40-26-13-10-22-7-4-8-23(22)17-26)20-29(35)33-25(19-30(36)37)12-9-21-5-2-1-3-6-21/h1-3,5-6,10-11,13-14,17-18,25H,4,7-9,12,15-16,19-20H2,(H,33,35)(H,36,37). The van der Waals surface area contributed by atoms with Crippen LogP contribution in [-0.2, 0) is 38.9 Å². The number of carboxylic acid groups (broad SMARTS) is 1. The first-order chi connectivity index (χ1) is 19.6. The minimum atomic E-state index is -4.24. The zero-order valence-corrected chi connectivity index (χ0v) is 24.7. The van der Waals surface area contributed by atoms with Gasteiger partial charge >= 0.3 is 5.97 Å². The predicted octanol–water partition coefficient (Wildman–Crippen LogP) is 5.14. The molecular weight excluding hydrogens is 587 g/mol. The smallest absolute Gasteiger partial charge is 0.305 e. The summed E-state index contributed by atoms with van der Waals surface area (Å²) in [6.45, 7) is -0.696. The highest BCUT2D eigenvalue weighted by molar-refractivity contribution is 7.89. The van der Waals surface area contributed by atoms with E-state index in [0.717, 1.165) is 29.1 Å². The zero-order chi connectivity index (χ0) is 29.4. The maximum absolute atomic E-state index is 13.6. The number of carbonyl (C=O) groups is 2. The molecule has 0 heterocycles. The molecule has 0 bridgehead atoms. The van der Waals surface area contributed by atoms with Crippen LogP contribution >= 0.6 is 23.2 Å². The number of aliphatic carboxylic acids is 1. The molecule has 0 saturated carbocycles. The minimum Gasteiger partial charge on any atom is -0.492 e. The molecule has 0 radical (unpaired) electrons. The maximum atomic E-state index is 13.6. The molecule has 3 aromatic carbocycles. The fourth-order valence-electron chi connectivity index (χ4n) is 4.87. The Hall–Kier alpha value is -3.11. The van der Waals surface area contributed by atoms with Gasteiger partial charge in [0.2, 0.25) is 15.9 Å². The van der Waals surface area contributed by atoms with Crippen LogP contribution in [0.25, 0.3) is 0 Å². The van der Waals surface area contributed by atoms with Gasteiger partial charge < -0.3 is 15.2 Å². The van der Waals surface area contributed by atoms with Crippen LogP contribution in [0.5, 0.6) is 5.75 Å². The Morgan fingerprint density at radius 2 is 1.76 bits per heavy atom. The summed E-state index contributed by atoms with van der Waals surface area (Å²) in [5.41, 5.74) is 3.51. The Labute approximate surface area is 250 Å². The zero-order valence-electron chi connectivity index (χ0n) is 22.4. The first-order valence-corrected chi connectivity index (χ1v) is 15.6. The molecule has 2 N–H and O–H groups in total. The van der Waals surface area contributed by atoms with Crippen LogP contribution in [0, 0.1) is 0 Å². The molecule has 11 heteroatoms. The lowest BCUT2D eigenvalue weighted by Crippen LogP contribution is -2.46. The van der Waals surface area contributed by atoms with Crippen molar-refractivity contribution in [3.8, 4) is 5.75 Å². The number of rotatable bonds is 14. The third-order valence-electron chi connectivity index (χ3n) is 6.92. The molecule has 3 aromatic rings. The summed E-state index contributed by atoms with van der Waals surface area (Å²) >= 11 is 12.2. The monoisotopic (exact) mass is 618 g/mol. The number of nitrogens with zero attached hydrogens (tertiary/aromatic N) is 1. The molecule has 0 aliphatic heterocycles. The molecule has 1 amide bonds. The average Bonchev–Trinajstić information content (AvgIpc) is 3.39. The van der Waals surface area contributed by atoms with E-state index in [1.807, 2.05) is 48.5 Å². The summed E-state index contributed by atoms with van der Waals surface area (Å²) in [6, 6.07) is 18.7. The van der Waals surface area contributed by atoms with Gasteiger partial charge in [-0.05, 0) is 79.1 Å². The van der Waals surface area contributed by atoms with Gasteiger partial charge in [0.15, 0.2) is 0 Å². The van der Waals surface area contributed by atoms with Crippen molar-refractivity contribution in [2.75, 3.05) is 19.7 Å². The number of hydrogen-bond acceptors (Lipinski definition) is 5. The number of aryl methyl sites for hydroxylation is 3. The van der Waals surface area contributed by atoms with Gasteiger partial charge in [-0.15, -0.1) is 0 Å². The average molecular weight is 620 g/mol. The number of ether oxygens (including phenoxy) is 1. The van der Waals surface area contributed by atoms with E-state index in [4.69, 9.17) is 27.9 Å². The molecule has 0 aromatic heterocycles. The van der Waals surface area contributed by atoms with Crippen LogP contribution in [-0.4, -0.2) is 55.4 Å². The summed E-state index contributed by atoms with van der Waals surface area (Å²) in [5, 5.41) is 12.3. The van der Waals surface area contributed by atoms with E-state index in [9.17, 15) is 23.1 Å². The van der Waals surface area contributed by atoms with Crippen molar-refractivity contribution in [1.29, 1.82) is 0 Å². The molecule has 1 unspecified atom stereocenters. The molecule has 1 atom stereocenters. The number of amides is 1. The number of sulfonamides is 1. The second-order valence-corrected chi connectivity index (χ2v) is 12.7. The summed E-state index contributed by atoms with van der Waals surface area (Å²) < 4.78 is 34.1. The summed E-state index contributed by atoms with van der Waals surface area (Å²) in [6.07, 6.45) is 3.73. The highest BCUT2D eigenvalue weighted by atomic mass is 35.5. The molecule has 0 spiro atoms. The summed E-state index contributed by atoms with van der Waals surface area (Å²) in [7, 11) is -4.24. The van der Waals surface area contributed by atoms with Crippen molar-refractivity contribution in [3.63, 3.8) is 0 Å². The lowest BCUT2D eigenvalue weighted by molar-refractivity contribution is -0.137. The number of carbonyl (C=O) groups excluding carboxylic acids is 1. The normalized spacial score (nSPS) is 13.5. The molecule has 218 valence electrons. The van der Waals surface area contributed by atoms with Crippen LogP contribution in [0.2, 0.25) is 10.0 Å². The number of halogens is 2. The summed E-state index contributed by atoms with van der Waals surface area (Å²) in [5.74, 6) is -1.07. The van der Waals surface area contributed by atoms with Crippen molar-refractivity contribution in [1.82, 2.24) is 9.62 Å². The first-order valence-electron chi connectivity index (χ1n) is 13.4. The van der Waals surface area contributed by atoms with Crippen molar-refractivity contribution in [3.05, 3.63) is 93.5 Å². The van der Waals surface area contributed by atoms with Crippen LogP contribution in [0.15, 0.2) is 71.6 Å². The molecule has 1 aliphatic rings. The van der Waals surface area contributed by atoms with Gasteiger partial charge in [0.05, 0.1) is 18.0 Å². The van der Waals surface area contributed by atoms with Gasteiger partial charge in [-0.25, -0.2) is 8.42 Å². The van der Waals surface area contributed by atoms with Gasteiger partial charge in [0.1, 0.15) is 17.3 Å². The highest BCUT2D eigenvalue weighted by Gasteiger charge is 2.30. The summed E-state index contributed by atoms with van der Waals surface area (Å²) in [4.78, 5) is 24.4. The van der Waals surface area contributed by atoms with Crippen LogP contribution in [0.3, 0.4) is 0 Å². The Bertz CT molecular complexity index is 1480. The van der Waals surface area contributed by atoms with Gasteiger partial charge in [-0.2, -0.15) is 4.31 Å². The van der Waals surface area contributed by atoms with Crippen molar-refractivity contribution >= 4 is 45.1 Å². The van der Waals surface area contributed by atoms with Gasteiger partial charge in [-0.1, -0.05) is 59.6 Å². The fraction of sp³-hybridized carbons (Fsp3) is 0.333. The second-order valence-electron chi connectivity index (χ2n) is 9.93. The number of nitrogens with one attached hydrogen (secondary N) is 1. The minimum absolute atomic E-state index is 0.0108. The predicted molar refractivity (Wildman–Crippen MR) is 158 cm³/mol. The lowest BCUT2D eigenvalue weighted by atomic mass is 10.0. The number of hydrogen-bond donors (Lipinski definition) is 2. The fourth-order valence-corrected chi connectivity index (χ4v) is 6.99. The van der Waals surface area contributed by atoms with Crippen LogP contribution in [0.1, 0.15) is 36.0 Å². The molecule has 41 heavy (non-hydrogen) atoms. The highest BCUT2D eigenvalue weighted by Crippen LogP contribution is 2.28. The number of benzene rings is 3. The lowest BCUT2D eigenvalue weighted by Gasteiger charge is -2.24. The van der Waals surface area contributed by atoms with E-state index in [1.165, 1.54) is 29.3 Å². The van der Waals surface area contributed by atoms with Gasteiger partial charge in [-0.3, -0.25) is 9.59 Å². The van der Waals surface area contributed by atoms with E-state index in [1.54, 1.807) is 0 Å². The van der Waals surface area contributed by atoms with E-state index >= 15 is 0 Å².